The molecule has 0 atom stereocenters. The van der Waals surface area contributed by atoms with Crippen molar-refractivity contribution in [3.8, 4) is 0 Å². The standard InChI is InChI=1S/C14H21N5OS/c1-11(2)15-7-12-8-19(17-16-12)10-14(20)18(3)9-13-5-4-6-21-13/h4-6,8,11,15H,7,9-10H2,1-3H3. The first kappa shape index (κ1) is 15.7. The van der Waals surface area contributed by atoms with Gasteiger partial charge in [-0.15, -0.1) is 16.4 Å². The Morgan fingerprint density at radius 3 is 3.00 bits per heavy atom. The molecular formula is C14H21N5OS. The molecule has 0 aliphatic heterocycles. The first-order chi connectivity index (χ1) is 10.0. The predicted octanol–water partition coefficient (Wildman–Crippen LogP) is 1.50. The molecule has 0 radical (unpaired) electrons. The summed E-state index contributed by atoms with van der Waals surface area (Å²) in [6.45, 7) is 5.67. The van der Waals surface area contributed by atoms with Crippen molar-refractivity contribution in [2.24, 2.45) is 0 Å². The molecule has 0 aliphatic carbocycles. The topological polar surface area (TPSA) is 63.1 Å². The Hall–Kier alpha value is -1.73. The Morgan fingerprint density at radius 1 is 1.52 bits per heavy atom. The van der Waals surface area contributed by atoms with Crippen LogP contribution < -0.4 is 5.32 Å². The summed E-state index contributed by atoms with van der Waals surface area (Å²) in [7, 11) is 1.81. The van der Waals surface area contributed by atoms with E-state index in [1.54, 1.807) is 28.0 Å². The van der Waals surface area contributed by atoms with Crippen LogP contribution in [-0.4, -0.2) is 38.9 Å². The largest absolute Gasteiger partial charge is 0.339 e. The van der Waals surface area contributed by atoms with Crippen LogP contribution in [0.1, 0.15) is 24.4 Å². The molecule has 0 aromatic carbocycles. The molecule has 0 aliphatic rings. The second-order valence-corrected chi connectivity index (χ2v) is 6.30. The van der Waals surface area contributed by atoms with E-state index in [1.165, 1.54) is 4.88 Å². The van der Waals surface area contributed by atoms with Crippen molar-refractivity contribution < 1.29 is 4.79 Å². The lowest BCUT2D eigenvalue weighted by Crippen LogP contribution is -2.29. The van der Waals surface area contributed by atoms with Gasteiger partial charge in [-0.2, -0.15) is 0 Å². The summed E-state index contributed by atoms with van der Waals surface area (Å²) in [6, 6.07) is 4.41. The average molecular weight is 307 g/mol. The lowest BCUT2D eigenvalue weighted by atomic mass is 10.3. The molecule has 0 saturated heterocycles. The van der Waals surface area contributed by atoms with E-state index in [0.29, 0.717) is 19.1 Å². The fourth-order valence-corrected chi connectivity index (χ4v) is 2.55. The molecule has 0 unspecified atom stereocenters. The molecular weight excluding hydrogens is 286 g/mol. The van der Waals surface area contributed by atoms with Crippen LogP contribution in [0, 0.1) is 0 Å². The molecule has 1 amide bonds. The van der Waals surface area contributed by atoms with Gasteiger partial charge in [0, 0.05) is 24.5 Å². The molecule has 21 heavy (non-hydrogen) atoms. The number of nitrogens with one attached hydrogen (secondary N) is 1. The molecule has 2 aromatic rings. The van der Waals surface area contributed by atoms with Gasteiger partial charge in [-0.25, -0.2) is 4.68 Å². The van der Waals surface area contributed by atoms with Gasteiger partial charge >= 0.3 is 0 Å². The van der Waals surface area contributed by atoms with E-state index in [-0.39, 0.29) is 12.5 Å². The fourth-order valence-electron chi connectivity index (χ4n) is 1.79. The van der Waals surface area contributed by atoms with Crippen LogP contribution >= 0.6 is 11.3 Å². The fraction of sp³-hybridized carbons (Fsp3) is 0.500. The zero-order valence-corrected chi connectivity index (χ0v) is 13.4. The second kappa shape index (κ2) is 7.33. The number of amides is 1. The Labute approximate surface area is 128 Å². The predicted molar refractivity (Wildman–Crippen MR) is 82.8 cm³/mol. The maximum atomic E-state index is 12.1. The number of likely N-dealkylation sites (N-methyl/N-ethyl adjacent to an activating group) is 1. The summed E-state index contributed by atoms with van der Waals surface area (Å²) in [6.07, 6.45) is 1.81. The van der Waals surface area contributed by atoms with E-state index in [0.717, 1.165) is 5.69 Å². The van der Waals surface area contributed by atoms with Crippen LogP contribution in [0.25, 0.3) is 0 Å². The lowest BCUT2D eigenvalue weighted by molar-refractivity contribution is -0.131. The molecule has 2 aromatic heterocycles. The van der Waals surface area contributed by atoms with Crippen molar-refractivity contribution in [1.29, 1.82) is 0 Å². The molecule has 0 spiro atoms. The Kier molecular flexibility index (Phi) is 5.46. The van der Waals surface area contributed by atoms with Crippen molar-refractivity contribution in [1.82, 2.24) is 25.2 Å². The highest BCUT2D eigenvalue weighted by Crippen LogP contribution is 2.11. The van der Waals surface area contributed by atoms with Gasteiger partial charge in [0.1, 0.15) is 6.54 Å². The Bertz CT molecular complexity index is 564. The molecule has 2 rings (SSSR count). The summed E-state index contributed by atoms with van der Waals surface area (Å²) < 4.78 is 1.59. The minimum Gasteiger partial charge on any atom is -0.339 e. The summed E-state index contributed by atoms with van der Waals surface area (Å²) in [5.41, 5.74) is 0.845. The van der Waals surface area contributed by atoms with Crippen LogP contribution in [0.4, 0.5) is 0 Å². The third-order valence-electron chi connectivity index (χ3n) is 2.97. The summed E-state index contributed by atoms with van der Waals surface area (Å²) in [4.78, 5) is 15.0. The monoisotopic (exact) mass is 307 g/mol. The highest BCUT2D eigenvalue weighted by Gasteiger charge is 2.12. The molecule has 0 bridgehead atoms. The number of aromatic nitrogens is 3. The number of hydrogen-bond acceptors (Lipinski definition) is 5. The van der Waals surface area contributed by atoms with Crippen molar-refractivity contribution in [3.05, 3.63) is 34.3 Å². The van der Waals surface area contributed by atoms with Gasteiger partial charge in [0.05, 0.1) is 18.4 Å². The Morgan fingerprint density at radius 2 is 2.33 bits per heavy atom. The molecule has 0 fully saturated rings. The zero-order chi connectivity index (χ0) is 15.2. The van der Waals surface area contributed by atoms with Crippen LogP contribution in [0.2, 0.25) is 0 Å². The summed E-state index contributed by atoms with van der Waals surface area (Å²) >= 11 is 1.65. The van der Waals surface area contributed by atoms with Crippen molar-refractivity contribution in [2.75, 3.05) is 7.05 Å². The summed E-state index contributed by atoms with van der Waals surface area (Å²) in [5.74, 6) is 0.0247. The highest BCUT2D eigenvalue weighted by atomic mass is 32.1. The van der Waals surface area contributed by atoms with E-state index in [9.17, 15) is 4.79 Å². The van der Waals surface area contributed by atoms with Gasteiger partial charge < -0.3 is 10.2 Å². The number of hydrogen-bond donors (Lipinski definition) is 1. The number of thiophene rings is 1. The molecule has 2 heterocycles. The third kappa shape index (κ3) is 4.95. The minimum absolute atomic E-state index is 0.0247. The van der Waals surface area contributed by atoms with E-state index < -0.39 is 0 Å². The molecule has 7 heteroatoms. The Balaban J connectivity index is 1.84. The van der Waals surface area contributed by atoms with Crippen molar-refractivity contribution >= 4 is 17.2 Å². The third-order valence-corrected chi connectivity index (χ3v) is 3.83. The molecule has 6 nitrogen and oxygen atoms in total. The normalized spacial score (nSPS) is 11.0. The lowest BCUT2D eigenvalue weighted by Gasteiger charge is -2.15. The molecule has 0 saturated carbocycles. The first-order valence-electron chi connectivity index (χ1n) is 6.93. The van der Waals surface area contributed by atoms with E-state index >= 15 is 0 Å². The maximum Gasteiger partial charge on any atom is 0.244 e. The first-order valence-corrected chi connectivity index (χ1v) is 7.81. The minimum atomic E-state index is 0.0247. The molecule has 114 valence electrons. The number of rotatable bonds is 7. The van der Waals surface area contributed by atoms with Crippen LogP contribution in [0.15, 0.2) is 23.7 Å². The smallest absolute Gasteiger partial charge is 0.244 e. The van der Waals surface area contributed by atoms with E-state index in [1.807, 2.05) is 23.7 Å². The van der Waals surface area contributed by atoms with Gasteiger partial charge in [0.25, 0.3) is 0 Å². The number of carbonyl (C=O) groups is 1. The number of carbonyl (C=O) groups excluding carboxylic acids is 1. The number of nitrogens with zero attached hydrogens (tertiary/aromatic N) is 4. The van der Waals surface area contributed by atoms with Crippen molar-refractivity contribution in [2.45, 2.75) is 39.5 Å². The average Bonchev–Trinajstić information content (AvgIpc) is 3.08. The molecule has 1 N–H and O–H groups in total. The van der Waals surface area contributed by atoms with Gasteiger partial charge in [0.15, 0.2) is 0 Å². The SMILES string of the molecule is CC(C)NCc1cn(CC(=O)N(C)Cc2cccs2)nn1. The quantitative estimate of drug-likeness (QED) is 0.842. The maximum absolute atomic E-state index is 12.1. The van der Waals surface area contributed by atoms with E-state index in [2.05, 4.69) is 29.5 Å². The van der Waals surface area contributed by atoms with Crippen molar-refractivity contribution in [3.63, 3.8) is 0 Å². The summed E-state index contributed by atoms with van der Waals surface area (Å²) in [5, 5.41) is 13.3. The van der Waals surface area contributed by atoms with E-state index in [4.69, 9.17) is 0 Å². The second-order valence-electron chi connectivity index (χ2n) is 5.27. The van der Waals surface area contributed by atoms with Gasteiger partial charge in [-0.3, -0.25) is 4.79 Å². The van der Waals surface area contributed by atoms with Gasteiger partial charge in [0.2, 0.25) is 5.91 Å². The van der Waals surface area contributed by atoms with Crippen LogP contribution in [0.3, 0.4) is 0 Å². The zero-order valence-electron chi connectivity index (χ0n) is 12.6. The highest BCUT2D eigenvalue weighted by molar-refractivity contribution is 7.09. The van der Waals surface area contributed by atoms with Crippen LogP contribution in [0.5, 0.6) is 0 Å². The van der Waals surface area contributed by atoms with Gasteiger partial charge in [-0.1, -0.05) is 25.1 Å². The van der Waals surface area contributed by atoms with Gasteiger partial charge in [-0.05, 0) is 11.4 Å². The van der Waals surface area contributed by atoms with Crippen LogP contribution in [-0.2, 0) is 24.4 Å².